The molecular formula is C15H20O5. The van der Waals surface area contributed by atoms with E-state index in [4.69, 9.17) is 4.42 Å². The van der Waals surface area contributed by atoms with Gasteiger partial charge in [0.05, 0.1) is 18.0 Å². The lowest BCUT2D eigenvalue weighted by molar-refractivity contribution is -0.0706. The maximum Gasteiger partial charge on any atom is 0.372 e. The van der Waals surface area contributed by atoms with Crippen molar-refractivity contribution < 1.29 is 24.5 Å². The average Bonchev–Trinajstić information content (AvgIpc) is 2.88. The molecule has 2 aliphatic carbocycles. The zero-order valence-corrected chi connectivity index (χ0v) is 11.9. The van der Waals surface area contributed by atoms with Gasteiger partial charge < -0.3 is 19.7 Å². The Labute approximate surface area is 117 Å². The first-order valence-corrected chi connectivity index (χ1v) is 6.91. The highest BCUT2D eigenvalue weighted by molar-refractivity contribution is 5.87. The number of hydrogen-bond acceptors (Lipinski definition) is 4. The average molecular weight is 280 g/mol. The van der Waals surface area contributed by atoms with E-state index in [0.29, 0.717) is 5.56 Å². The van der Waals surface area contributed by atoms with Crippen molar-refractivity contribution in [2.75, 3.05) is 0 Å². The zero-order chi connectivity index (χ0) is 14.9. The summed E-state index contributed by atoms with van der Waals surface area (Å²) in [5.74, 6) is -1.69. The monoisotopic (exact) mass is 280 g/mol. The minimum Gasteiger partial charge on any atom is -0.475 e. The third kappa shape index (κ3) is 1.66. The molecule has 4 atom stereocenters. The molecule has 0 saturated heterocycles. The van der Waals surface area contributed by atoms with Gasteiger partial charge in [-0.05, 0) is 37.0 Å². The van der Waals surface area contributed by atoms with Gasteiger partial charge in [-0.15, -0.1) is 0 Å². The number of furan rings is 1. The number of hydrogen-bond donors (Lipinski definition) is 3. The molecule has 2 aliphatic rings. The molecule has 3 N–H and O–H groups in total. The number of carboxylic acid groups (broad SMARTS) is 1. The largest absolute Gasteiger partial charge is 0.475 e. The van der Waals surface area contributed by atoms with Crippen LogP contribution >= 0.6 is 0 Å². The van der Waals surface area contributed by atoms with E-state index in [0.717, 1.165) is 12.8 Å². The highest BCUT2D eigenvalue weighted by Crippen LogP contribution is 2.60. The topological polar surface area (TPSA) is 90.9 Å². The number of fused-ring (bicyclic) bond motifs is 2. The lowest BCUT2D eigenvalue weighted by Crippen LogP contribution is -2.42. The Morgan fingerprint density at radius 2 is 2.00 bits per heavy atom. The third-order valence-electron chi connectivity index (χ3n) is 5.04. The molecule has 1 heterocycles. The van der Waals surface area contributed by atoms with Gasteiger partial charge in [0.25, 0.3) is 0 Å². The van der Waals surface area contributed by atoms with E-state index in [1.54, 1.807) is 6.92 Å². The standard InChI is InChI=1S/C15H20O5/c1-14(2)4-7-9(5-14)15(3,19)10-8(11(7)16)6-20-12(10)13(17)18/h6-7,9,11,16,19H,4-5H2,1-3H3,(H,17,18)/t7-,9+,11+,15-/m1/s1. The summed E-state index contributed by atoms with van der Waals surface area (Å²) in [7, 11) is 0. The fourth-order valence-corrected chi connectivity index (χ4v) is 4.24. The van der Waals surface area contributed by atoms with Crippen molar-refractivity contribution in [3.05, 3.63) is 23.2 Å². The SMILES string of the molecule is CC1(C)C[C@H]2[C@H](O)c3coc(C(=O)O)c3[C@](C)(O)[C@H]2C1. The van der Waals surface area contributed by atoms with Crippen LogP contribution in [0.3, 0.4) is 0 Å². The van der Waals surface area contributed by atoms with Crippen molar-refractivity contribution >= 4 is 5.97 Å². The molecular weight excluding hydrogens is 260 g/mol. The Bertz CT molecular complexity index is 569. The van der Waals surface area contributed by atoms with Crippen LogP contribution < -0.4 is 0 Å². The molecule has 1 saturated carbocycles. The van der Waals surface area contributed by atoms with Gasteiger partial charge >= 0.3 is 5.97 Å². The van der Waals surface area contributed by atoms with Crippen LogP contribution in [0, 0.1) is 17.3 Å². The lowest BCUT2D eigenvalue weighted by Gasteiger charge is -2.41. The van der Waals surface area contributed by atoms with E-state index >= 15 is 0 Å². The van der Waals surface area contributed by atoms with E-state index in [1.165, 1.54) is 6.26 Å². The van der Waals surface area contributed by atoms with Crippen LogP contribution in [0.1, 0.15) is 61.4 Å². The lowest BCUT2D eigenvalue weighted by atomic mass is 9.67. The molecule has 0 aromatic carbocycles. The first-order valence-electron chi connectivity index (χ1n) is 6.91. The van der Waals surface area contributed by atoms with Crippen molar-refractivity contribution in [1.29, 1.82) is 0 Å². The Balaban J connectivity index is 2.17. The highest BCUT2D eigenvalue weighted by Gasteiger charge is 2.57. The molecule has 5 nitrogen and oxygen atoms in total. The number of aromatic carboxylic acids is 1. The van der Waals surface area contributed by atoms with Crippen LogP contribution in [0.15, 0.2) is 10.7 Å². The van der Waals surface area contributed by atoms with Gasteiger partial charge in [0.15, 0.2) is 0 Å². The molecule has 3 rings (SSSR count). The summed E-state index contributed by atoms with van der Waals surface area (Å²) in [6.07, 6.45) is 2.07. The van der Waals surface area contributed by atoms with Crippen LogP contribution in [-0.4, -0.2) is 21.3 Å². The molecule has 1 aromatic heterocycles. The van der Waals surface area contributed by atoms with Crippen LogP contribution in [0.2, 0.25) is 0 Å². The molecule has 0 aliphatic heterocycles. The molecule has 1 aromatic rings. The molecule has 0 amide bonds. The maximum absolute atomic E-state index is 11.3. The summed E-state index contributed by atoms with van der Waals surface area (Å²) in [4.78, 5) is 11.3. The van der Waals surface area contributed by atoms with Crippen molar-refractivity contribution in [1.82, 2.24) is 0 Å². The second-order valence-corrected chi connectivity index (χ2v) is 7.14. The summed E-state index contributed by atoms with van der Waals surface area (Å²) in [5.41, 5.74) is -0.583. The molecule has 0 bridgehead atoms. The van der Waals surface area contributed by atoms with E-state index < -0.39 is 17.7 Å². The predicted octanol–water partition coefficient (Wildman–Crippen LogP) is 2.28. The normalized spacial score (nSPS) is 38.4. The van der Waals surface area contributed by atoms with Crippen molar-refractivity contribution in [3.8, 4) is 0 Å². The quantitative estimate of drug-likeness (QED) is 0.734. The molecule has 1 fully saturated rings. The molecule has 0 radical (unpaired) electrons. The Hall–Kier alpha value is -1.33. The van der Waals surface area contributed by atoms with Crippen molar-refractivity contribution in [3.63, 3.8) is 0 Å². The minimum absolute atomic E-state index is 0.0320. The fourth-order valence-electron chi connectivity index (χ4n) is 4.24. The van der Waals surface area contributed by atoms with Crippen LogP contribution in [-0.2, 0) is 5.60 Å². The smallest absolute Gasteiger partial charge is 0.372 e. The number of rotatable bonds is 1. The Morgan fingerprint density at radius 1 is 1.35 bits per heavy atom. The molecule has 110 valence electrons. The molecule has 0 unspecified atom stereocenters. The predicted molar refractivity (Wildman–Crippen MR) is 70.2 cm³/mol. The van der Waals surface area contributed by atoms with Gasteiger partial charge in [-0.3, -0.25) is 0 Å². The highest BCUT2D eigenvalue weighted by atomic mass is 16.4. The van der Waals surface area contributed by atoms with Gasteiger partial charge in [-0.1, -0.05) is 13.8 Å². The van der Waals surface area contributed by atoms with Gasteiger partial charge in [-0.2, -0.15) is 0 Å². The van der Waals surface area contributed by atoms with Crippen LogP contribution in [0.5, 0.6) is 0 Å². The summed E-state index contributed by atoms with van der Waals surface area (Å²) in [6.45, 7) is 5.86. The van der Waals surface area contributed by atoms with Crippen LogP contribution in [0.25, 0.3) is 0 Å². The first kappa shape index (κ1) is 13.6. The number of aliphatic hydroxyl groups excluding tert-OH is 1. The van der Waals surface area contributed by atoms with Gasteiger partial charge in [0.1, 0.15) is 0 Å². The summed E-state index contributed by atoms with van der Waals surface area (Å²) >= 11 is 0. The second-order valence-electron chi connectivity index (χ2n) is 7.14. The number of aliphatic hydroxyl groups is 2. The summed E-state index contributed by atoms with van der Waals surface area (Å²) < 4.78 is 5.08. The number of carbonyl (C=O) groups is 1. The fraction of sp³-hybridized carbons (Fsp3) is 0.667. The molecule has 20 heavy (non-hydrogen) atoms. The van der Waals surface area contributed by atoms with E-state index in [9.17, 15) is 20.1 Å². The van der Waals surface area contributed by atoms with Crippen molar-refractivity contribution in [2.24, 2.45) is 17.3 Å². The summed E-state index contributed by atoms with van der Waals surface area (Å²) in [6, 6.07) is 0. The van der Waals surface area contributed by atoms with Gasteiger partial charge in [-0.25, -0.2) is 4.79 Å². The minimum atomic E-state index is -1.28. The Kier molecular flexibility index (Phi) is 2.63. The second kappa shape index (κ2) is 3.86. The van der Waals surface area contributed by atoms with Gasteiger partial charge in [0.2, 0.25) is 5.76 Å². The van der Waals surface area contributed by atoms with Crippen molar-refractivity contribution in [2.45, 2.75) is 45.3 Å². The van der Waals surface area contributed by atoms with E-state index in [2.05, 4.69) is 13.8 Å². The van der Waals surface area contributed by atoms with Crippen LogP contribution in [0.4, 0.5) is 0 Å². The van der Waals surface area contributed by atoms with E-state index in [-0.39, 0.29) is 28.6 Å². The van der Waals surface area contributed by atoms with E-state index in [1.807, 2.05) is 0 Å². The molecule has 5 heteroatoms. The molecule has 0 spiro atoms. The Morgan fingerprint density at radius 3 is 2.60 bits per heavy atom. The third-order valence-corrected chi connectivity index (χ3v) is 5.04. The maximum atomic E-state index is 11.3. The first-order chi connectivity index (χ1) is 9.15. The summed E-state index contributed by atoms with van der Waals surface area (Å²) in [5, 5.41) is 30.7. The zero-order valence-electron chi connectivity index (χ0n) is 11.9. The van der Waals surface area contributed by atoms with Gasteiger partial charge in [0, 0.05) is 11.1 Å². The number of carboxylic acids is 1.